The molecule has 0 spiro atoms. The highest BCUT2D eigenvalue weighted by Gasteiger charge is 2.57. The smallest absolute Gasteiger partial charge is 0.432 e. The maximum atomic E-state index is 6.56. The molecule has 0 unspecified atom stereocenters. The second-order valence-electron chi connectivity index (χ2n) is 13.2. The third-order valence-electron chi connectivity index (χ3n) is 10.9. The van der Waals surface area contributed by atoms with Gasteiger partial charge in [0.1, 0.15) is 11.5 Å². The van der Waals surface area contributed by atoms with Crippen molar-refractivity contribution in [2.24, 2.45) is 0 Å². The van der Waals surface area contributed by atoms with Gasteiger partial charge in [-0.15, -0.1) is 0 Å². The number of anilines is 8. The Morgan fingerprint density at radius 3 is 1.24 bits per heavy atom. The predicted octanol–water partition coefficient (Wildman–Crippen LogP) is 9.29. The lowest BCUT2D eigenvalue weighted by Crippen LogP contribution is -2.55. The first-order valence-electron chi connectivity index (χ1n) is 16.7. The van der Waals surface area contributed by atoms with E-state index in [-0.39, 0.29) is 14.0 Å². The Balaban J connectivity index is 1.15. The van der Waals surface area contributed by atoms with Gasteiger partial charge in [-0.25, -0.2) is 0 Å². The molecule has 7 aromatic rings. The molecule has 6 aliphatic heterocycles. The molecule has 0 saturated heterocycles. The summed E-state index contributed by atoms with van der Waals surface area (Å²) in [4.78, 5) is 10.1. The van der Waals surface area contributed by atoms with Crippen molar-refractivity contribution in [3.05, 3.63) is 133 Å². The van der Waals surface area contributed by atoms with Crippen molar-refractivity contribution in [2.45, 2.75) is 0 Å². The lowest BCUT2D eigenvalue weighted by molar-refractivity contribution is 0.478. The lowest BCUT2D eigenvalue weighted by Gasteiger charge is -2.37. The Morgan fingerprint density at radius 2 is 0.755 bits per heavy atom. The van der Waals surface area contributed by atoms with Gasteiger partial charge in [-0.1, -0.05) is 72.8 Å². The summed E-state index contributed by atoms with van der Waals surface area (Å²) in [6, 6.07) is 47.8. The molecule has 226 valence electrons. The van der Waals surface area contributed by atoms with Crippen molar-refractivity contribution in [1.82, 2.24) is 0 Å². The van der Waals surface area contributed by atoms with Crippen LogP contribution in [0.4, 0.5) is 45.5 Å². The summed E-state index contributed by atoms with van der Waals surface area (Å²) in [5.41, 5.74) is 14.4. The van der Waals surface area contributed by atoms with Crippen molar-refractivity contribution in [1.29, 1.82) is 0 Å². The Labute approximate surface area is 286 Å². The molecule has 0 aliphatic carbocycles. The minimum Gasteiger partial charge on any atom is -0.453 e. The third-order valence-corrected chi connectivity index (χ3v) is 12.2. The second-order valence-corrected chi connectivity index (χ2v) is 14.3. The molecule has 0 fully saturated rings. The molecule has 9 heteroatoms. The Kier molecular flexibility index (Phi) is 4.34. The van der Waals surface area contributed by atoms with E-state index >= 15 is 0 Å². The number of para-hydroxylation sites is 8. The summed E-state index contributed by atoms with van der Waals surface area (Å²) < 4.78 is 15.8. The number of hydrogen-bond acceptors (Lipinski definition) is 7. The van der Waals surface area contributed by atoms with Crippen LogP contribution in [0.2, 0.25) is 0 Å². The fourth-order valence-corrected chi connectivity index (χ4v) is 10.7. The number of nitrogens with zero attached hydrogens (tertiary/aromatic N) is 4. The molecule has 0 bridgehead atoms. The molecule has 6 aromatic carbocycles. The van der Waals surface area contributed by atoms with E-state index in [2.05, 4.69) is 153 Å². The van der Waals surface area contributed by atoms with Crippen molar-refractivity contribution in [2.75, 3.05) is 19.2 Å². The first-order valence-corrected chi connectivity index (χ1v) is 17.5. The van der Waals surface area contributed by atoms with Gasteiger partial charge in [-0.05, 0) is 60.7 Å². The number of fused-ring (bicyclic) bond motifs is 21. The average molecular weight is 644 g/mol. The lowest BCUT2D eigenvalue weighted by atomic mass is 9.60. The fourth-order valence-electron chi connectivity index (χ4n) is 9.17. The third kappa shape index (κ3) is 2.82. The van der Waals surface area contributed by atoms with Crippen LogP contribution in [0, 0.1) is 0 Å². The highest BCUT2D eigenvalue weighted by atomic mass is 32.1. The van der Waals surface area contributed by atoms with Crippen LogP contribution in [0.25, 0.3) is 22.3 Å². The Bertz CT molecular complexity index is 2480. The number of rotatable bonds is 0. The normalized spacial score (nSPS) is 15.4. The van der Waals surface area contributed by atoms with E-state index in [4.69, 9.17) is 9.47 Å². The van der Waals surface area contributed by atoms with Gasteiger partial charge in [0, 0.05) is 43.2 Å². The van der Waals surface area contributed by atoms with Crippen LogP contribution in [0.5, 0.6) is 23.0 Å². The largest absolute Gasteiger partial charge is 0.453 e. The summed E-state index contributed by atoms with van der Waals surface area (Å²) in [6.45, 7) is -0.141. The minimum atomic E-state index is -0.0707. The van der Waals surface area contributed by atoms with E-state index in [1.165, 1.54) is 54.6 Å². The Morgan fingerprint density at radius 1 is 0.367 bits per heavy atom. The highest BCUT2D eigenvalue weighted by molar-refractivity contribution is 7.35. The van der Waals surface area contributed by atoms with E-state index in [0.29, 0.717) is 0 Å². The summed E-state index contributed by atoms with van der Waals surface area (Å²) in [6.07, 6.45) is 0. The zero-order valence-electron chi connectivity index (χ0n) is 25.9. The first kappa shape index (κ1) is 25.0. The predicted molar refractivity (Wildman–Crippen MR) is 200 cm³/mol. The van der Waals surface area contributed by atoms with E-state index in [1.54, 1.807) is 0 Å². The first-order chi connectivity index (χ1) is 24.3. The molecule has 49 heavy (non-hydrogen) atoms. The van der Waals surface area contributed by atoms with Gasteiger partial charge in [0.15, 0.2) is 11.5 Å². The molecular formula is C40H22B2N4O2S. The van der Waals surface area contributed by atoms with Gasteiger partial charge in [0.25, 0.3) is 0 Å². The highest BCUT2D eigenvalue weighted by Crippen LogP contribution is 2.63. The van der Waals surface area contributed by atoms with Crippen molar-refractivity contribution >= 4 is 80.4 Å². The fraction of sp³-hybridized carbons (Fsp3) is 0. The van der Waals surface area contributed by atoms with Crippen molar-refractivity contribution < 1.29 is 9.47 Å². The zero-order valence-corrected chi connectivity index (χ0v) is 26.7. The standard InChI is InChI=1S/C40H22B2N4O2S/c1-3-13-25-23(11-1)35-36-24-12-2-4-14-26(24)44-30-18-10-22-34-38(30)46(28-16-6-8-20-32(28)48-34)42(44)40(36)49-39(35)41-43(25)29-17-9-21-33-37(29)45(41)27-15-5-7-19-31(27)47-33/h1-22H. The van der Waals surface area contributed by atoms with Gasteiger partial charge in [0.05, 0.1) is 34.1 Å². The molecular weight excluding hydrogens is 622 g/mol. The van der Waals surface area contributed by atoms with Gasteiger partial charge in [0.2, 0.25) is 0 Å². The van der Waals surface area contributed by atoms with Crippen LogP contribution < -0.4 is 38.3 Å². The summed E-state index contributed by atoms with van der Waals surface area (Å²) in [5, 5.41) is 0. The van der Waals surface area contributed by atoms with Crippen LogP contribution in [-0.2, 0) is 0 Å². The van der Waals surface area contributed by atoms with E-state index in [9.17, 15) is 0 Å². The van der Waals surface area contributed by atoms with E-state index in [1.807, 2.05) is 11.3 Å². The van der Waals surface area contributed by atoms with E-state index < -0.39 is 0 Å². The quantitative estimate of drug-likeness (QED) is 0.153. The summed E-state index contributed by atoms with van der Waals surface area (Å²) in [7, 11) is 0. The Hall–Kier alpha value is -6.05. The van der Waals surface area contributed by atoms with Gasteiger partial charge >= 0.3 is 14.0 Å². The van der Waals surface area contributed by atoms with Crippen LogP contribution in [0.15, 0.2) is 133 Å². The SMILES string of the molecule is c1ccc2c(c1)Oc1cccc3c1N2B1c2sc4c(c2-c2ccccc2N13)-c1ccccc1N1B4N2c3ccccc3Oc3cccc1c32. The second kappa shape index (κ2) is 8.50. The summed E-state index contributed by atoms with van der Waals surface area (Å²) in [5.74, 6) is 3.56. The van der Waals surface area contributed by atoms with Gasteiger partial charge in [-0.3, -0.25) is 0 Å². The van der Waals surface area contributed by atoms with E-state index in [0.717, 1.165) is 45.7 Å². The molecule has 13 rings (SSSR count). The van der Waals surface area contributed by atoms with Crippen molar-refractivity contribution in [3.63, 3.8) is 0 Å². The minimum absolute atomic E-state index is 0.0707. The van der Waals surface area contributed by atoms with Crippen LogP contribution in [-0.4, -0.2) is 14.0 Å². The summed E-state index contributed by atoms with van der Waals surface area (Å²) >= 11 is 1.96. The number of thiophene rings is 1. The van der Waals surface area contributed by atoms with Crippen LogP contribution in [0.1, 0.15) is 0 Å². The molecule has 0 saturated carbocycles. The monoisotopic (exact) mass is 644 g/mol. The topological polar surface area (TPSA) is 31.4 Å². The van der Waals surface area contributed by atoms with Gasteiger partial charge in [-0.2, -0.15) is 11.3 Å². The maximum absolute atomic E-state index is 6.56. The molecule has 0 radical (unpaired) electrons. The van der Waals surface area contributed by atoms with Crippen LogP contribution >= 0.6 is 11.3 Å². The number of hydrogen-bond donors (Lipinski definition) is 0. The van der Waals surface area contributed by atoms with Gasteiger partial charge < -0.3 is 28.7 Å². The molecule has 0 atom stereocenters. The molecule has 7 heterocycles. The number of benzene rings is 6. The molecule has 0 amide bonds. The molecule has 6 nitrogen and oxygen atoms in total. The molecule has 0 N–H and O–H groups in total. The average Bonchev–Trinajstić information content (AvgIpc) is 3.83. The molecule has 1 aromatic heterocycles. The maximum Gasteiger partial charge on any atom is 0.432 e. The number of ether oxygens (including phenoxy) is 2. The van der Waals surface area contributed by atoms with Crippen LogP contribution in [0.3, 0.4) is 0 Å². The zero-order chi connectivity index (χ0) is 31.5. The van der Waals surface area contributed by atoms with Crippen molar-refractivity contribution in [3.8, 4) is 45.3 Å². The molecule has 6 aliphatic rings.